The molecule has 7 nitrogen and oxygen atoms in total. The second-order valence-electron chi connectivity index (χ2n) is 8.94. The molecule has 1 fully saturated rings. The Balaban J connectivity index is 1.44. The minimum absolute atomic E-state index is 0.0225. The Kier molecular flexibility index (Phi) is 5.28. The normalized spacial score (nSPS) is 18.5. The molecule has 1 amide bonds. The van der Waals surface area contributed by atoms with Crippen LogP contribution in [-0.4, -0.2) is 37.7 Å². The number of amides is 1. The van der Waals surface area contributed by atoms with Gasteiger partial charge in [-0.2, -0.15) is 10.2 Å². The number of hydrogen-bond donors (Lipinski definition) is 2. The van der Waals surface area contributed by atoms with E-state index in [9.17, 15) is 13.6 Å². The largest absolute Gasteiger partial charge is 0.444 e. The average molecular weight is 429 g/mol. The van der Waals surface area contributed by atoms with Gasteiger partial charge in [0.2, 0.25) is 0 Å². The van der Waals surface area contributed by atoms with Crippen molar-refractivity contribution in [3.63, 3.8) is 0 Å². The van der Waals surface area contributed by atoms with Crippen LogP contribution in [0.15, 0.2) is 30.6 Å². The summed E-state index contributed by atoms with van der Waals surface area (Å²) < 4.78 is 36.5. The lowest BCUT2D eigenvalue weighted by molar-refractivity contribution is 0.0471. The van der Waals surface area contributed by atoms with E-state index in [-0.39, 0.29) is 23.2 Å². The summed E-state index contributed by atoms with van der Waals surface area (Å²) in [5.41, 5.74) is 1.43. The maximum Gasteiger partial charge on any atom is 0.407 e. The highest BCUT2D eigenvalue weighted by Crippen LogP contribution is 2.39. The van der Waals surface area contributed by atoms with Gasteiger partial charge in [-0.1, -0.05) is 0 Å². The molecule has 0 aliphatic heterocycles. The second kappa shape index (κ2) is 7.79. The number of carbonyl (C=O) groups is 1. The number of nitrogens with one attached hydrogen (secondary N) is 2. The SMILES string of the molecule is Cn1cc(-c2cc(-c3c(F)cc(C4CC(NC(=O)OC(C)(C)C)C4)cc3F)[nH]n2)cn1. The van der Waals surface area contributed by atoms with Crippen LogP contribution in [0.5, 0.6) is 0 Å². The van der Waals surface area contributed by atoms with Gasteiger partial charge < -0.3 is 10.1 Å². The molecule has 164 valence electrons. The maximum absolute atomic E-state index is 14.8. The van der Waals surface area contributed by atoms with Crippen molar-refractivity contribution < 1.29 is 18.3 Å². The van der Waals surface area contributed by atoms with Crippen LogP contribution in [0.4, 0.5) is 13.6 Å². The quantitative estimate of drug-likeness (QED) is 0.638. The fraction of sp³-hybridized carbons (Fsp3) is 0.409. The fourth-order valence-corrected chi connectivity index (χ4v) is 3.72. The zero-order valence-electron chi connectivity index (χ0n) is 17.9. The molecule has 1 aliphatic rings. The monoisotopic (exact) mass is 429 g/mol. The third-order valence-electron chi connectivity index (χ3n) is 5.24. The summed E-state index contributed by atoms with van der Waals surface area (Å²) in [5, 5.41) is 13.7. The minimum Gasteiger partial charge on any atom is -0.444 e. The number of alkyl carbamates (subject to hydrolysis) is 1. The topological polar surface area (TPSA) is 84.8 Å². The smallest absolute Gasteiger partial charge is 0.407 e. The van der Waals surface area contributed by atoms with Crippen molar-refractivity contribution >= 4 is 6.09 Å². The van der Waals surface area contributed by atoms with Gasteiger partial charge in [0.1, 0.15) is 17.2 Å². The molecule has 2 heterocycles. The van der Waals surface area contributed by atoms with Gasteiger partial charge in [0.05, 0.1) is 23.1 Å². The van der Waals surface area contributed by atoms with Crippen molar-refractivity contribution in [2.24, 2.45) is 7.05 Å². The molecule has 9 heteroatoms. The van der Waals surface area contributed by atoms with Crippen LogP contribution in [0, 0.1) is 11.6 Å². The van der Waals surface area contributed by atoms with Crippen molar-refractivity contribution in [3.05, 3.63) is 47.8 Å². The molecule has 0 atom stereocenters. The highest BCUT2D eigenvalue weighted by atomic mass is 19.1. The number of ether oxygens (including phenoxy) is 1. The van der Waals surface area contributed by atoms with E-state index in [1.165, 1.54) is 12.1 Å². The molecule has 0 unspecified atom stereocenters. The summed E-state index contributed by atoms with van der Waals surface area (Å²) in [4.78, 5) is 11.9. The summed E-state index contributed by atoms with van der Waals surface area (Å²) in [7, 11) is 1.78. The van der Waals surface area contributed by atoms with Gasteiger partial charge in [-0.25, -0.2) is 13.6 Å². The van der Waals surface area contributed by atoms with Crippen LogP contribution in [0.1, 0.15) is 45.1 Å². The van der Waals surface area contributed by atoms with E-state index in [1.54, 1.807) is 51.0 Å². The Morgan fingerprint density at radius 1 is 1.23 bits per heavy atom. The van der Waals surface area contributed by atoms with E-state index in [0.717, 1.165) is 5.56 Å². The number of benzene rings is 1. The van der Waals surface area contributed by atoms with Crippen LogP contribution in [0.2, 0.25) is 0 Å². The summed E-state index contributed by atoms with van der Waals surface area (Å²) in [6.45, 7) is 5.38. The molecule has 2 aromatic heterocycles. The van der Waals surface area contributed by atoms with E-state index in [2.05, 4.69) is 20.6 Å². The Morgan fingerprint density at radius 2 is 1.90 bits per heavy atom. The third kappa shape index (κ3) is 4.60. The maximum atomic E-state index is 14.8. The summed E-state index contributed by atoms with van der Waals surface area (Å²) >= 11 is 0. The Hall–Kier alpha value is -3.23. The first kappa shape index (κ1) is 21.0. The number of aromatic amines is 1. The van der Waals surface area contributed by atoms with Gasteiger partial charge >= 0.3 is 6.09 Å². The van der Waals surface area contributed by atoms with Crippen LogP contribution >= 0.6 is 0 Å². The number of aromatic nitrogens is 4. The van der Waals surface area contributed by atoms with Crippen LogP contribution in [0.25, 0.3) is 22.5 Å². The van der Waals surface area contributed by atoms with Gasteiger partial charge in [0.15, 0.2) is 0 Å². The fourth-order valence-electron chi connectivity index (χ4n) is 3.72. The average Bonchev–Trinajstić information content (AvgIpc) is 3.24. The molecule has 3 aromatic rings. The van der Waals surface area contributed by atoms with Crippen molar-refractivity contribution in [2.75, 3.05) is 0 Å². The minimum atomic E-state index is -0.653. The van der Waals surface area contributed by atoms with E-state index < -0.39 is 23.3 Å². The molecule has 1 saturated carbocycles. The van der Waals surface area contributed by atoms with Gasteiger partial charge in [-0.3, -0.25) is 9.78 Å². The first-order valence-electron chi connectivity index (χ1n) is 10.1. The first-order valence-corrected chi connectivity index (χ1v) is 10.1. The molecule has 0 spiro atoms. The Morgan fingerprint density at radius 3 is 2.48 bits per heavy atom. The third-order valence-corrected chi connectivity index (χ3v) is 5.24. The molecule has 2 N–H and O–H groups in total. The Bertz CT molecular complexity index is 1090. The van der Waals surface area contributed by atoms with E-state index in [0.29, 0.717) is 24.1 Å². The lowest BCUT2D eigenvalue weighted by Crippen LogP contribution is -2.45. The van der Waals surface area contributed by atoms with Gasteiger partial charge in [-0.15, -0.1) is 0 Å². The molecule has 0 bridgehead atoms. The van der Waals surface area contributed by atoms with Gasteiger partial charge in [0.25, 0.3) is 0 Å². The van der Waals surface area contributed by atoms with E-state index in [4.69, 9.17) is 4.74 Å². The zero-order chi connectivity index (χ0) is 22.3. The predicted octanol–water partition coefficient (Wildman–Crippen LogP) is 4.53. The lowest BCUT2D eigenvalue weighted by Gasteiger charge is -2.36. The number of hydrogen-bond acceptors (Lipinski definition) is 4. The lowest BCUT2D eigenvalue weighted by atomic mass is 9.75. The van der Waals surface area contributed by atoms with Gasteiger partial charge in [0, 0.05) is 24.8 Å². The number of aryl methyl sites for hydroxylation is 1. The summed E-state index contributed by atoms with van der Waals surface area (Å²) in [5.74, 6) is -1.33. The predicted molar refractivity (Wildman–Crippen MR) is 111 cm³/mol. The highest BCUT2D eigenvalue weighted by Gasteiger charge is 2.33. The molecule has 0 radical (unpaired) electrons. The van der Waals surface area contributed by atoms with Crippen molar-refractivity contribution in [1.82, 2.24) is 25.3 Å². The highest BCUT2D eigenvalue weighted by molar-refractivity contribution is 5.69. The molecule has 4 rings (SSSR count). The summed E-state index contributed by atoms with van der Waals surface area (Å²) in [6.07, 6.45) is 4.13. The standard InChI is InChI=1S/C22H25F2N5O2/c1-22(2,3)31-21(30)26-15-5-12(6-15)13-7-16(23)20(17(24)8-13)19-9-18(27-28-19)14-10-25-29(4)11-14/h7-12,15H,5-6H2,1-4H3,(H,26,30)(H,27,28). The first-order chi connectivity index (χ1) is 14.6. The number of rotatable bonds is 4. The molecular weight excluding hydrogens is 404 g/mol. The number of H-pyrrole nitrogens is 1. The van der Waals surface area contributed by atoms with Crippen LogP contribution < -0.4 is 5.32 Å². The molecule has 1 aliphatic carbocycles. The number of carbonyl (C=O) groups excluding carboxylic acids is 1. The number of nitrogens with zero attached hydrogens (tertiary/aromatic N) is 3. The van der Waals surface area contributed by atoms with Crippen LogP contribution in [-0.2, 0) is 11.8 Å². The molecule has 0 saturated heterocycles. The van der Waals surface area contributed by atoms with Crippen molar-refractivity contribution in [2.45, 2.75) is 51.2 Å². The summed E-state index contributed by atoms with van der Waals surface area (Å²) in [6, 6.07) is 4.25. The number of halogens is 2. The zero-order valence-corrected chi connectivity index (χ0v) is 17.9. The Labute approximate surface area is 178 Å². The van der Waals surface area contributed by atoms with E-state index >= 15 is 0 Å². The van der Waals surface area contributed by atoms with Gasteiger partial charge in [-0.05, 0) is 63.3 Å². The van der Waals surface area contributed by atoms with Crippen LogP contribution in [0.3, 0.4) is 0 Å². The molecule has 31 heavy (non-hydrogen) atoms. The second-order valence-corrected chi connectivity index (χ2v) is 8.94. The molecule has 1 aromatic carbocycles. The molecular formula is C22H25F2N5O2. The van der Waals surface area contributed by atoms with Crippen molar-refractivity contribution in [1.29, 1.82) is 0 Å². The van der Waals surface area contributed by atoms with Crippen molar-refractivity contribution in [3.8, 4) is 22.5 Å². The van der Waals surface area contributed by atoms with E-state index in [1.807, 2.05) is 0 Å².